The van der Waals surface area contributed by atoms with Gasteiger partial charge in [0.25, 0.3) is 0 Å². The second-order valence-corrected chi connectivity index (χ2v) is 12.6. The fraction of sp³-hybridized carbons (Fsp3) is 0.545. The third-order valence-corrected chi connectivity index (χ3v) is 8.65. The van der Waals surface area contributed by atoms with E-state index in [2.05, 4.69) is 14.8 Å². The van der Waals surface area contributed by atoms with Crippen LogP contribution in [0, 0.1) is 11.6 Å². The Balaban J connectivity index is 1.24. The number of hydrogen-bond acceptors (Lipinski definition) is 5. The van der Waals surface area contributed by atoms with E-state index in [1.165, 1.54) is 26.0 Å². The molecule has 1 fully saturated rings. The number of alkyl halides is 1. The first-order valence-electron chi connectivity index (χ1n) is 15.3. The van der Waals surface area contributed by atoms with Gasteiger partial charge in [-0.05, 0) is 58.2 Å². The number of benzene rings is 2. The Bertz CT molecular complexity index is 1390. The number of ether oxygens (including phenoxy) is 1. The van der Waals surface area contributed by atoms with Crippen molar-refractivity contribution < 1.29 is 27.8 Å². The van der Waals surface area contributed by atoms with Crippen LogP contribution in [0.5, 0.6) is 5.75 Å². The molecule has 2 N–H and O–H groups in total. The van der Waals surface area contributed by atoms with Gasteiger partial charge in [0.05, 0.1) is 19.1 Å². The van der Waals surface area contributed by atoms with Crippen molar-refractivity contribution in [1.29, 1.82) is 0 Å². The van der Waals surface area contributed by atoms with Gasteiger partial charge < -0.3 is 24.6 Å². The molecule has 0 bridgehead atoms. The minimum atomic E-state index is -1.56. The second-order valence-electron chi connectivity index (χ2n) is 12.6. The summed E-state index contributed by atoms with van der Waals surface area (Å²) in [6.07, 6.45) is 2.44. The summed E-state index contributed by atoms with van der Waals surface area (Å²) in [4.78, 5) is 20.6. The van der Waals surface area contributed by atoms with Crippen molar-refractivity contribution in [2.45, 2.75) is 64.2 Å². The molecule has 2 aliphatic heterocycles. The minimum absolute atomic E-state index is 0.0299. The number of aliphatic carboxylic acids is 1. The van der Waals surface area contributed by atoms with Gasteiger partial charge in [-0.2, -0.15) is 0 Å². The number of halogens is 3. The van der Waals surface area contributed by atoms with Crippen molar-refractivity contribution in [1.82, 2.24) is 19.7 Å². The summed E-state index contributed by atoms with van der Waals surface area (Å²) in [5, 5.41) is 9.88. The molecule has 2 aromatic carbocycles. The number of aromatic amines is 1. The van der Waals surface area contributed by atoms with Crippen molar-refractivity contribution in [2.24, 2.45) is 0 Å². The van der Waals surface area contributed by atoms with E-state index >= 15 is 8.78 Å². The Morgan fingerprint density at radius 1 is 1.05 bits per heavy atom. The molecule has 3 aromatic rings. The van der Waals surface area contributed by atoms with E-state index in [4.69, 9.17) is 9.84 Å². The lowest BCUT2D eigenvalue weighted by molar-refractivity contribution is -0.137. The van der Waals surface area contributed by atoms with Gasteiger partial charge in [-0.1, -0.05) is 18.2 Å². The Hall–Kier alpha value is -3.08. The van der Waals surface area contributed by atoms with Gasteiger partial charge in [-0.3, -0.25) is 9.69 Å². The molecule has 0 amide bonds. The number of para-hydroxylation sites is 1. The fourth-order valence-electron chi connectivity index (χ4n) is 6.52. The average Bonchev–Trinajstić information content (AvgIpc) is 3.31. The van der Waals surface area contributed by atoms with Crippen LogP contribution >= 0.6 is 0 Å². The Kier molecular flexibility index (Phi) is 9.68. The van der Waals surface area contributed by atoms with E-state index in [0.717, 1.165) is 62.0 Å². The number of rotatable bonds is 12. The lowest BCUT2D eigenvalue weighted by Gasteiger charge is -2.43. The molecular formula is C33H43F3N4O3. The van der Waals surface area contributed by atoms with Crippen molar-refractivity contribution in [2.75, 3.05) is 52.4 Å². The molecule has 2 atom stereocenters. The number of piperazine rings is 1. The van der Waals surface area contributed by atoms with Crippen LogP contribution in [0.25, 0.3) is 10.9 Å². The van der Waals surface area contributed by atoms with Crippen LogP contribution in [-0.2, 0) is 11.2 Å². The monoisotopic (exact) mass is 600 g/mol. The van der Waals surface area contributed by atoms with E-state index < -0.39 is 29.3 Å². The first kappa shape index (κ1) is 31.3. The predicted molar refractivity (Wildman–Crippen MR) is 161 cm³/mol. The first-order chi connectivity index (χ1) is 20.5. The molecule has 5 rings (SSSR count). The quantitative estimate of drug-likeness (QED) is 0.257. The molecule has 0 radical (unpaired) electrons. The molecule has 10 heteroatoms. The predicted octanol–water partition coefficient (Wildman–Crippen LogP) is 5.78. The number of fused-ring (bicyclic) bond motifs is 3. The van der Waals surface area contributed by atoms with Crippen molar-refractivity contribution >= 4 is 16.9 Å². The van der Waals surface area contributed by atoms with Crippen LogP contribution in [-0.4, -0.2) is 94.9 Å². The molecule has 0 aliphatic carbocycles. The van der Waals surface area contributed by atoms with Gasteiger partial charge in [0, 0.05) is 79.6 Å². The van der Waals surface area contributed by atoms with Crippen LogP contribution in [0.15, 0.2) is 36.4 Å². The molecule has 0 spiro atoms. The van der Waals surface area contributed by atoms with Crippen LogP contribution in [0.3, 0.4) is 0 Å². The third kappa shape index (κ3) is 7.53. The average molecular weight is 601 g/mol. The molecule has 1 aromatic heterocycles. The summed E-state index contributed by atoms with van der Waals surface area (Å²) in [6, 6.07) is 9.38. The number of unbranched alkanes of at least 4 members (excludes halogenated alkanes) is 1. The number of hydrogen-bond donors (Lipinski definition) is 2. The molecular weight excluding hydrogens is 557 g/mol. The summed E-state index contributed by atoms with van der Waals surface area (Å²) in [5.74, 6) is -2.04. The largest absolute Gasteiger partial charge is 0.493 e. The van der Waals surface area contributed by atoms with Crippen LogP contribution in [0.4, 0.5) is 13.2 Å². The van der Waals surface area contributed by atoms with Gasteiger partial charge in [-0.15, -0.1) is 0 Å². The molecule has 7 nitrogen and oxygen atoms in total. The van der Waals surface area contributed by atoms with E-state index in [0.29, 0.717) is 25.3 Å². The summed E-state index contributed by atoms with van der Waals surface area (Å²) in [6.45, 7) is 10.3. The highest BCUT2D eigenvalue weighted by atomic mass is 19.1. The molecule has 234 valence electrons. The van der Waals surface area contributed by atoms with Gasteiger partial charge >= 0.3 is 5.97 Å². The maximum absolute atomic E-state index is 15.8. The highest BCUT2D eigenvalue weighted by molar-refractivity contribution is 5.85. The topological polar surface area (TPSA) is 72.0 Å². The zero-order valence-corrected chi connectivity index (χ0v) is 25.3. The highest BCUT2D eigenvalue weighted by Gasteiger charge is 2.41. The fourth-order valence-corrected chi connectivity index (χ4v) is 6.52. The Morgan fingerprint density at radius 2 is 1.70 bits per heavy atom. The number of nitrogens with zero attached hydrogens (tertiary/aromatic N) is 3. The molecule has 2 aliphatic rings. The van der Waals surface area contributed by atoms with E-state index in [-0.39, 0.29) is 30.3 Å². The minimum Gasteiger partial charge on any atom is -0.493 e. The van der Waals surface area contributed by atoms with Crippen LogP contribution in [0.1, 0.15) is 62.9 Å². The molecule has 3 heterocycles. The van der Waals surface area contributed by atoms with Crippen LogP contribution < -0.4 is 4.74 Å². The number of carboxylic acid groups (broad SMARTS) is 1. The van der Waals surface area contributed by atoms with Gasteiger partial charge in [0.1, 0.15) is 23.1 Å². The van der Waals surface area contributed by atoms with E-state index in [1.54, 1.807) is 0 Å². The standard InChI is InChI=1S/C33H43F3N4O3/c1-22-18-25-24-8-4-5-9-28(24)37-31(25)32(40(22)21-33(2,3)36)30-26(34)19-23(20-27(30)35)43-17-7-6-11-38-13-15-39(16-14-38)12-10-29(41)42/h4-5,8-9,19-20,22,32,37H,6-7,10-18,21H2,1-3H3,(H,41,42)/t22-,32-/m1/s1. The molecule has 0 saturated carbocycles. The smallest absolute Gasteiger partial charge is 0.304 e. The zero-order valence-electron chi connectivity index (χ0n) is 25.3. The van der Waals surface area contributed by atoms with Crippen LogP contribution in [0.2, 0.25) is 0 Å². The second kappa shape index (κ2) is 13.3. The SMILES string of the molecule is C[C@@H]1Cc2c([nH]c3ccccc23)[C@@H](c2c(F)cc(OCCCCN3CCN(CCC(=O)O)CC3)cc2F)N1CC(C)(C)F. The highest BCUT2D eigenvalue weighted by Crippen LogP contribution is 2.43. The molecule has 1 saturated heterocycles. The van der Waals surface area contributed by atoms with Gasteiger partial charge in [-0.25, -0.2) is 13.2 Å². The third-order valence-electron chi connectivity index (χ3n) is 8.65. The zero-order chi connectivity index (χ0) is 30.7. The number of aromatic nitrogens is 1. The van der Waals surface area contributed by atoms with E-state index in [9.17, 15) is 9.18 Å². The van der Waals surface area contributed by atoms with Crippen molar-refractivity contribution in [3.05, 3.63) is 64.9 Å². The maximum atomic E-state index is 15.8. The Morgan fingerprint density at radius 3 is 2.35 bits per heavy atom. The maximum Gasteiger partial charge on any atom is 0.304 e. The van der Waals surface area contributed by atoms with Gasteiger partial charge in [0.15, 0.2) is 0 Å². The lowest BCUT2D eigenvalue weighted by atomic mass is 9.87. The van der Waals surface area contributed by atoms with Crippen molar-refractivity contribution in [3.63, 3.8) is 0 Å². The first-order valence-corrected chi connectivity index (χ1v) is 15.3. The number of carboxylic acids is 1. The number of carbonyl (C=O) groups is 1. The molecule has 43 heavy (non-hydrogen) atoms. The number of nitrogens with one attached hydrogen (secondary N) is 1. The summed E-state index contributed by atoms with van der Waals surface area (Å²) in [5.41, 5.74) is 0.963. The lowest BCUT2D eigenvalue weighted by Crippen LogP contribution is -2.48. The number of H-pyrrole nitrogens is 1. The summed E-state index contributed by atoms with van der Waals surface area (Å²) < 4.78 is 52.4. The van der Waals surface area contributed by atoms with E-state index in [1.807, 2.05) is 36.1 Å². The molecule has 0 unspecified atom stereocenters. The summed E-state index contributed by atoms with van der Waals surface area (Å²) in [7, 11) is 0. The normalized spacial score (nSPS) is 20.4. The van der Waals surface area contributed by atoms with Crippen molar-refractivity contribution in [3.8, 4) is 5.75 Å². The van der Waals surface area contributed by atoms with Gasteiger partial charge in [0.2, 0.25) is 0 Å². The summed E-state index contributed by atoms with van der Waals surface area (Å²) >= 11 is 0. The Labute approximate surface area is 251 Å².